The fourth-order valence-electron chi connectivity index (χ4n) is 3.10. The minimum atomic E-state index is -0.118. The average molecular weight is 425 g/mol. The van der Waals surface area contributed by atoms with Gasteiger partial charge in [-0.2, -0.15) is 4.68 Å². The van der Waals surface area contributed by atoms with Crippen molar-refractivity contribution in [3.63, 3.8) is 0 Å². The van der Waals surface area contributed by atoms with Crippen molar-refractivity contribution in [2.75, 3.05) is 0 Å². The summed E-state index contributed by atoms with van der Waals surface area (Å²) in [5.74, 6) is 0.694. The number of aryl methyl sites for hydroxylation is 2. The molecule has 0 aliphatic heterocycles. The Morgan fingerprint density at radius 3 is 2.76 bits per heavy atom. The van der Waals surface area contributed by atoms with Crippen LogP contribution in [0.1, 0.15) is 28.4 Å². The Morgan fingerprint density at radius 1 is 1.28 bits per heavy atom. The molecule has 0 saturated carbocycles. The summed E-state index contributed by atoms with van der Waals surface area (Å²) in [5, 5.41) is 13.4. The Balaban J connectivity index is 1.77. The lowest BCUT2D eigenvalue weighted by Gasteiger charge is -2.14. The minimum Gasteiger partial charge on any atom is -0.283 e. The van der Waals surface area contributed by atoms with Crippen LogP contribution >= 0.6 is 23.1 Å². The number of tetrazole rings is 1. The second-order valence-corrected chi connectivity index (χ2v) is 9.12. The summed E-state index contributed by atoms with van der Waals surface area (Å²) in [4.78, 5) is 19.8. The van der Waals surface area contributed by atoms with Crippen LogP contribution in [0.25, 0.3) is 15.9 Å². The smallest absolute Gasteiger partial charge is 0.263 e. The van der Waals surface area contributed by atoms with Gasteiger partial charge in [0, 0.05) is 11.4 Å². The number of benzene rings is 1. The molecule has 0 spiro atoms. The van der Waals surface area contributed by atoms with Crippen molar-refractivity contribution in [2.24, 2.45) is 0 Å². The molecular weight excluding hydrogens is 404 g/mol. The van der Waals surface area contributed by atoms with Crippen molar-refractivity contribution < 1.29 is 0 Å². The van der Waals surface area contributed by atoms with Crippen LogP contribution in [-0.4, -0.2) is 29.8 Å². The predicted octanol–water partition coefficient (Wildman–Crippen LogP) is 4.09. The average Bonchev–Trinajstić information content (AvgIpc) is 3.31. The van der Waals surface area contributed by atoms with Gasteiger partial charge in [0.05, 0.1) is 16.3 Å². The van der Waals surface area contributed by atoms with E-state index in [1.54, 1.807) is 26.7 Å². The fourth-order valence-corrected chi connectivity index (χ4v) is 5.18. The largest absolute Gasteiger partial charge is 0.283 e. The number of allylic oxidation sites excluding steroid dienone is 1. The molecule has 3 heterocycles. The van der Waals surface area contributed by atoms with Crippen molar-refractivity contribution in [1.82, 2.24) is 29.8 Å². The first-order valence-corrected chi connectivity index (χ1v) is 10.8. The van der Waals surface area contributed by atoms with Crippen LogP contribution in [0.15, 0.2) is 52.9 Å². The normalized spacial score (nSPS) is 12.4. The number of rotatable bonds is 6. The molecule has 4 aromatic rings. The van der Waals surface area contributed by atoms with Crippen LogP contribution in [0.4, 0.5) is 0 Å². The standard InChI is InChI=1S/C20H20N6OS2/c1-5-11-25-19(27)16-12(2)13(3)28-18(16)21-20(25)29-14(4)17-22-23-24-26(17)15-9-7-6-8-10-15/h5-10,14H,1,11H2,2-4H3. The Labute approximate surface area is 176 Å². The fraction of sp³-hybridized carbons (Fsp3) is 0.250. The first-order chi connectivity index (χ1) is 14.0. The number of aromatic nitrogens is 6. The lowest BCUT2D eigenvalue weighted by molar-refractivity contribution is 0.669. The topological polar surface area (TPSA) is 78.5 Å². The predicted molar refractivity (Wildman–Crippen MR) is 117 cm³/mol. The molecular formula is C20H20N6OS2. The Kier molecular flexibility index (Phi) is 5.33. The van der Waals surface area contributed by atoms with Crippen molar-refractivity contribution in [1.29, 1.82) is 0 Å². The molecule has 4 rings (SSSR count). The van der Waals surface area contributed by atoms with Gasteiger partial charge in [0.15, 0.2) is 11.0 Å². The maximum atomic E-state index is 13.2. The molecule has 1 unspecified atom stereocenters. The van der Waals surface area contributed by atoms with Crippen LogP contribution in [0.3, 0.4) is 0 Å². The van der Waals surface area contributed by atoms with Gasteiger partial charge in [0.2, 0.25) is 0 Å². The highest BCUT2D eigenvalue weighted by molar-refractivity contribution is 7.99. The molecule has 29 heavy (non-hydrogen) atoms. The molecule has 7 nitrogen and oxygen atoms in total. The van der Waals surface area contributed by atoms with E-state index in [2.05, 4.69) is 22.1 Å². The van der Waals surface area contributed by atoms with Gasteiger partial charge >= 0.3 is 0 Å². The van der Waals surface area contributed by atoms with E-state index >= 15 is 0 Å². The van der Waals surface area contributed by atoms with E-state index < -0.39 is 0 Å². The van der Waals surface area contributed by atoms with E-state index in [9.17, 15) is 4.79 Å². The van der Waals surface area contributed by atoms with Crippen LogP contribution in [0.5, 0.6) is 0 Å². The van der Waals surface area contributed by atoms with E-state index in [4.69, 9.17) is 4.98 Å². The van der Waals surface area contributed by atoms with Gasteiger partial charge < -0.3 is 0 Å². The van der Waals surface area contributed by atoms with E-state index in [1.165, 1.54) is 11.8 Å². The first kappa shape index (κ1) is 19.5. The van der Waals surface area contributed by atoms with Gasteiger partial charge in [-0.1, -0.05) is 36.0 Å². The highest BCUT2D eigenvalue weighted by Crippen LogP contribution is 2.35. The molecule has 0 fully saturated rings. The highest BCUT2D eigenvalue weighted by Gasteiger charge is 2.22. The Bertz CT molecular complexity index is 1240. The second kappa shape index (κ2) is 7.92. The van der Waals surface area contributed by atoms with Crippen molar-refractivity contribution in [3.8, 4) is 5.69 Å². The van der Waals surface area contributed by atoms with Crippen LogP contribution in [0.2, 0.25) is 0 Å². The van der Waals surface area contributed by atoms with Gasteiger partial charge in [0.1, 0.15) is 4.83 Å². The molecule has 0 saturated heterocycles. The zero-order chi connectivity index (χ0) is 20.5. The van der Waals surface area contributed by atoms with Gasteiger partial charge in [0.25, 0.3) is 5.56 Å². The van der Waals surface area contributed by atoms with Gasteiger partial charge in [-0.25, -0.2) is 4.98 Å². The lowest BCUT2D eigenvalue weighted by atomic mass is 10.2. The van der Waals surface area contributed by atoms with E-state index in [0.717, 1.165) is 21.0 Å². The van der Waals surface area contributed by atoms with Crippen LogP contribution < -0.4 is 5.56 Å². The summed E-state index contributed by atoms with van der Waals surface area (Å²) in [6.45, 7) is 10.2. The summed E-state index contributed by atoms with van der Waals surface area (Å²) >= 11 is 3.02. The van der Waals surface area contributed by atoms with E-state index in [-0.39, 0.29) is 10.8 Å². The maximum absolute atomic E-state index is 13.2. The SMILES string of the molecule is C=CCn1c(SC(C)c2nnnn2-c2ccccc2)nc2sc(C)c(C)c2c1=O. The summed E-state index contributed by atoms with van der Waals surface area (Å²) in [5.41, 5.74) is 1.85. The molecule has 148 valence electrons. The van der Waals surface area contributed by atoms with Crippen molar-refractivity contribution >= 4 is 33.3 Å². The summed E-state index contributed by atoms with van der Waals surface area (Å²) in [6.07, 6.45) is 1.71. The summed E-state index contributed by atoms with van der Waals surface area (Å²) in [6, 6.07) is 9.73. The molecule has 1 aromatic carbocycles. The number of fused-ring (bicyclic) bond motifs is 1. The molecule has 3 aromatic heterocycles. The second-order valence-electron chi connectivity index (χ2n) is 6.61. The monoisotopic (exact) mass is 424 g/mol. The Hall–Kier alpha value is -2.78. The molecule has 0 N–H and O–H groups in total. The molecule has 9 heteroatoms. The molecule has 1 atom stereocenters. The third-order valence-corrected chi connectivity index (χ3v) is 6.89. The first-order valence-electron chi connectivity index (χ1n) is 9.13. The quantitative estimate of drug-likeness (QED) is 0.264. The Morgan fingerprint density at radius 2 is 2.03 bits per heavy atom. The minimum absolute atomic E-state index is 0.0332. The van der Waals surface area contributed by atoms with Crippen LogP contribution in [0, 0.1) is 13.8 Å². The number of para-hydroxylation sites is 1. The third-order valence-electron chi connectivity index (χ3n) is 4.71. The molecule has 0 radical (unpaired) electrons. The number of nitrogens with zero attached hydrogens (tertiary/aromatic N) is 6. The van der Waals surface area contributed by atoms with Crippen molar-refractivity contribution in [2.45, 2.75) is 37.7 Å². The lowest BCUT2D eigenvalue weighted by Crippen LogP contribution is -2.23. The van der Waals surface area contributed by atoms with Gasteiger partial charge in [-0.05, 0) is 48.9 Å². The number of hydrogen-bond acceptors (Lipinski definition) is 7. The zero-order valence-electron chi connectivity index (χ0n) is 16.4. The van der Waals surface area contributed by atoms with E-state index in [1.807, 2.05) is 51.1 Å². The number of thioether (sulfide) groups is 1. The molecule has 0 aliphatic rings. The maximum Gasteiger partial charge on any atom is 0.263 e. The highest BCUT2D eigenvalue weighted by atomic mass is 32.2. The zero-order valence-corrected chi connectivity index (χ0v) is 18.0. The number of thiophene rings is 1. The number of hydrogen-bond donors (Lipinski definition) is 0. The van der Waals surface area contributed by atoms with Crippen LogP contribution in [-0.2, 0) is 6.54 Å². The third kappa shape index (κ3) is 3.51. The van der Waals surface area contributed by atoms with Gasteiger partial charge in [-0.15, -0.1) is 23.0 Å². The molecule has 0 amide bonds. The summed E-state index contributed by atoms with van der Waals surface area (Å²) in [7, 11) is 0. The van der Waals surface area contributed by atoms with E-state index in [0.29, 0.717) is 22.9 Å². The molecule has 0 bridgehead atoms. The van der Waals surface area contributed by atoms with Gasteiger partial charge in [-0.3, -0.25) is 9.36 Å². The van der Waals surface area contributed by atoms with Crippen molar-refractivity contribution in [3.05, 3.63) is 69.6 Å². The molecule has 0 aliphatic carbocycles. The summed E-state index contributed by atoms with van der Waals surface area (Å²) < 4.78 is 3.39.